The van der Waals surface area contributed by atoms with Crippen molar-refractivity contribution in [3.63, 3.8) is 0 Å². The summed E-state index contributed by atoms with van der Waals surface area (Å²) in [5, 5.41) is 0. The van der Waals surface area contributed by atoms with Crippen LogP contribution in [0.2, 0.25) is 0 Å². The van der Waals surface area contributed by atoms with Gasteiger partial charge in [0.25, 0.3) is 6.02 Å². The predicted octanol–water partition coefficient (Wildman–Crippen LogP) is 2.63. The lowest BCUT2D eigenvalue weighted by molar-refractivity contribution is 0.235. The Labute approximate surface area is 130 Å². The maximum atomic E-state index is 5.75. The van der Waals surface area contributed by atoms with E-state index in [0.717, 1.165) is 19.3 Å². The molecule has 1 aliphatic carbocycles. The molecular formula is C18H19N3O. The Morgan fingerprint density at radius 1 is 1.27 bits per heavy atom. The predicted molar refractivity (Wildman–Crippen MR) is 86.7 cm³/mol. The molecule has 2 N–H and O–H groups in total. The second-order valence-corrected chi connectivity index (χ2v) is 6.33. The van der Waals surface area contributed by atoms with E-state index < -0.39 is 0 Å². The normalized spacial score (nSPS) is 23.0. The Bertz CT molecular complexity index is 769. The van der Waals surface area contributed by atoms with Gasteiger partial charge in [0.1, 0.15) is 12.1 Å². The summed E-state index contributed by atoms with van der Waals surface area (Å²) in [6.07, 6.45) is 6.72. The van der Waals surface area contributed by atoms with Crippen LogP contribution in [0.1, 0.15) is 23.1 Å². The molecule has 2 heterocycles. The Balaban J connectivity index is 1.81. The third kappa shape index (κ3) is 2.15. The summed E-state index contributed by atoms with van der Waals surface area (Å²) in [5.41, 5.74) is 11.9. The molecule has 4 rings (SSSR count). The van der Waals surface area contributed by atoms with Crippen LogP contribution < -0.4 is 5.73 Å². The molecule has 2 aromatic rings. The highest BCUT2D eigenvalue weighted by Gasteiger charge is 2.40. The zero-order chi connectivity index (χ0) is 15.2. The molecule has 112 valence electrons. The van der Waals surface area contributed by atoms with Gasteiger partial charge in [-0.2, -0.15) is 0 Å². The molecule has 0 bridgehead atoms. The van der Waals surface area contributed by atoms with Crippen LogP contribution in [0.4, 0.5) is 0 Å². The SMILES string of the molecule is Cc1cncc(-c2cccc3c2CC2(CC3)COC(N)=N2)c1. The van der Waals surface area contributed by atoms with Gasteiger partial charge in [-0.1, -0.05) is 18.2 Å². The number of fused-ring (bicyclic) bond motifs is 1. The van der Waals surface area contributed by atoms with E-state index in [-0.39, 0.29) is 5.54 Å². The number of pyridine rings is 1. The van der Waals surface area contributed by atoms with Crippen molar-refractivity contribution in [2.75, 3.05) is 6.61 Å². The summed E-state index contributed by atoms with van der Waals surface area (Å²) in [7, 11) is 0. The fourth-order valence-corrected chi connectivity index (χ4v) is 3.56. The van der Waals surface area contributed by atoms with Gasteiger partial charge in [0.05, 0.1) is 0 Å². The average Bonchev–Trinajstić information content (AvgIpc) is 2.87. The molecule has 0 saturated heterocycles. The zero-order valence-electron chi connectivity index (χ0n) is 12.7. The summed E-state index contributed by atoms with van der Waals surface area (Å²) in [4.78, 5) is 8.93. The quantitative estimate of drug-likeness (QED) is 0.879. The monoisotopic (exact) mass is 293 g/mol. The maximum absolute atomic E-state index is 5.75. The first-order chi connectivity index (χ1) is 10.7. The van der Waals surface area contributed by atoms with Crippen LogP contribution >= 0.6 is 0 Å². The number of ether oxygens (including phenoxy) is 1. The number of rotatable bonds is 1. The van der Waals surface area contributed by atoms with Crippen LogP contribution in [0.5, 0.6) is 0 Å². The van der Waals surface area contributed by atoms with E-state index in [2.05, 4.69) is 41.2 Å². The van der Waals surface area contributed by atoms with Gasteiger partial charge in [0, 0.05) is 24.4 Å². The number of aryl methyl sites for hydroxylation is 2. The van der Waals surface area contributed by atoms with Crippen LogP contribution in [-0.4, -0.2) is 23.2 Å². The summed E-state index contributed by atoms with van der Waals surface area (Å²) in [6.45, 7) is 2.67. The number of amidine groups is 1. The lowest BCUT2D eigenvalue weighted by atomic mass is 9.76. The number of aliphatic imine (C=N–C) groups is 1. The standard InChI is InChI=1S/C18H19N3O/c1-12-7-14(10-20-9-12)15-4-2-3-13-5-6-18(8-16(13)15)11-22-17(19)21-18/h2-4,7,9-10H,5-6,8,11H2,1H3,(H2,19,21). The topological polar surface area (TPSA) is 60.5 Å². The summed E-state index contributed by atoms with van der Waals surface area (Å²) in [5.74, 6) is 0. The van der Waals surface area contributed by atoms with Crippen LogP contribution in [0, 0.1) is 6.92 Å². The van der Waals surface area contributed by atoms with Gasteiger partial charge in [0.2, 0.25) is 0 Å². The molecule has 1 aliphatic heterocycles. The minimum Gasteiger partial charge on any atom is -0.463 e. The molecule has 1 aromatic carbocycles. The van der Waals surface area contributed by atoms with Crippen molar-refractivity contribution in [1.29, 1.82) is 0 Å². The first kappa shape index (κ1) is 13.3. The van der Waals surface area contributed by atoms with Gasteiger partial charge < -0.3 is 10.5 Å². The van der Waals surface area contributed by atoms with Crippen molar-refractivity contribution < 1.29 is 4.74 Å². The van der Waals surface area contributed by atoms with Crippen molar-refractivity contribution >= 4 is 6.02 Å². The third-order valence-corrected chi connectivity index (χ3v) is 4.66. The largest absolute Gasteiger partial charge is 0.463 e. The molecular weight excluding hydrogens is 274 g/mol. The van der Waals surface area contributed by atoms with E-state index >= 15 is 0 Å². The fourth-order valence-electron chi connectivity index (χ4n) is 3.56. The number of nitrogens with two attached hydrogens (primary N) is 1. The number of hydrogen-bond acceptors (Lipinski definition) is 4. The molecule has 0 radical (unpaired) electrons. The second kappa shape index (κ2) is 4.83. The van der Waals surface area contributed by atoms with E-state index in [1.807, 2.05) is 12.4 Å². The molecule has 1 spiro atoms. The number of nitrogens with zero attached hydrogens (tertiary/aromatic N) is 2. The molecule has 0 saturated carbocycles. The van der Waals surface area contributed by atoms with Crippen molar-refractivity contribution in [3.05, 3.63) is 53.3 Å². The molecule has 0 amide bonds. The van der Waals surface area contributed by atoms with Crippen molar-refractivity contribution in [2.45, 2.75) is 31.7 Å². The zero-order valence-corrected chi connectivity index (χ0v) is 12.7. The summed E-state index contributed by atoms with van der Waals surface area (Å²) >= 11 is 0. The molecule has 2 aliphatic rings. The molecule has 4 heteroatoms. The van der Waals surface area contributed by atoms with Crippen LogP contribution in [-0.2, 0) is 17.6 Å². The van der Waals surface area contributed by atoms with Gasteiger partial charge in [0.15, 0.2) is 0 Å². The van der Waals surface area contributed by atoms with E-state index in [4.69, 9.17) is 10.5 Å². The van der Waals surface area contributed by atoms with Crippen LogP contribution in [0.3, 0.4) is 0 Å². The van der Waals surface area contributed by atoms with Crippen molar-refractivity contribution in [2.24, 2.45) is 10.7 Å². The highest BCUT2D eigenvalue weighted by molar-refractivity contribution is 5.75. The lowest BCUT2D eigenvalue weighted by Crippen LogP contribution is -2.35. The Morgan fingerprint density at radius 2 is 2.18 bits per heavy atom. The smallest absolute Gasteiger partial charge is 0.282 e. The molecule has 22 heavy (non-hydrogen) atoms. The van der Waals surface area contributed by atoms with E-state index in [9.17, 15) is 0 Å². The van der Waals surface area contributed by atoms with Gasteiger partial charge in [-0.15, -0.1) is 0 Å². The molecule has 1 atom stereocenters. The number of benzene rings is 1. The highest BCUT2D eigenvalue weighted by Crippen LogP contribution is 2.39. The minimum absolute atomic E-state index is 0.176. The number of hydrogen-bond donors (Lipinski definition) is 1. The van der Waals surface area contributed by atoms with Gasteiger partial charge in [-0.3, -0.25) is 4.98 Å². The van der Waals surface area contributed by atoms with E-state index in [0.29, 0.717) is 12.6 Å². The number of aromatic nitrogens is 1. The Kier molecular flexibility index (Phi) is 2.93. The molecule has 1 aromatic heterocycles. The fraction of sp³-hybridized carbons (Fsp3) is 0.333. The average molecular weight is 293 g/mol. The lowest BCUT2D eigenvalue weighted by Gasteiger charge is -2.31. The van der Waals surface area contributed by atoms with Crippen molar-refractivity contribution in [1.82, 2.24) is 4.98 Å². The van der Waals surface area contributed by atoms with Gasteiger partial charge in [-0.25, -0.2) is 4.99 Å². The minimum atomic E-state index is -0.176. The Morgan fingerprint density at radius 3 is 2.95 bits per heavy atom. The summed E-state index contributed by atoms with van der Waals surface area (Å²) in [6, 6.07) is 9.05. The van der Waals surface area contributed by atoms with Crippen LogP contribution in [0.25, 0.3) is 11.1 Å². The van der Waals surface area contributed by atoms with E-state index in [1.165, 1.54) is 27.8 Å². The Hall–Kier alpha value is -2.36. The molecule has 0 fully saturated rings. The molecule has 1 unspecified atom stereocenters. The molecule has 4 nitrogen and oxygen atoms in total. The first-order valence-corrected chi connectivity index (χ1v) is 7.66. The first-order valence-electron chi connectivity index (χ1n) is 7.66. The van der Waals surface area contributed by atoms with Crippen molar-refractivity contribution in [3.8, 4) is 11.1 Å². The van der Waals surface area contributed by atoms with Crippen LogP contribution in [0.15, 0.2) is 41.7 Å². The van der Waals surface area contributed by atoms with Gasteiger partial charge in [-0.05, 0) is 48.1 Å². The summed E-state index contributed by atoms with van der Waals surface area (Å²) < 4.78 is 5.44. The van der Waals surface area contributed by atoms with E-state index in [1.54, 1.807) is 0 Å². The van der Waals surface area contributed by atoms with Gasteiger partial charge >= 0.3 is 0 Å². The third-order valence-electron chi connectivity index (χ3n) is 4.66. The maximum Gasteiger partial charge on any atom is 0.282 e. The highest BCUT2D eigenvalue weighted by atomic mass is 16.5. The second-order valence-electron chi connectivity index (χ2n) is 6.33.